The molecule has 4 nitrogen and oxygen atoms in total. The number of nitrogens with zero attached hydrogens (tertiary/aromatic N) is 4. The van der Waals surface area contributed by atoms with Gasteiger partial charge < -0.3 is 9.80 Å². The van der Waals surface area contributed by atoms with Crippen molar-refractivity contribution in [1.29, 1.82) is 0 Å². The second-order valence-corrected chi connectivity index (χ2v) is 16.1. The molecule has 4 aliphatic rings. The van der Waals surface area contributed by atoms with E-state index >= 15 is 0 Å². The highest BCUT2D eigenvalue weighted by molar-refractivity contribution is 5.90. The van der Waals surface area contributed by atoms with Crippen LogP contribution in [0.25, 0.3) is 22.5 Å². The SMILES string of the molecule is c1ccc(C2(c3ccccc3)c3cc(N4CCCCC4)ccc3-c3nc4c(nc32)-c2ccc(N3CCCCC3)cc2C4(c2ccccc2)c2ccccc2)cc1. The van der Waals surface area contributed by atoms with Crippen LogP contribution in [0.1, 0.15) is 83.3 Å². The van der Waals surface area contributed by atoms with Gasteiger partial charge in [0.2, 0.25) is 0 Å². The fourth-order valence-electron chi connectivity index (χ4n) is 10.6. The fraction of sp³-hybridized carbons (Fsp3) is 0.231. The molecule has 56 heavy (non-hydrogen) atoms. The molecule has 274 valence electrons. The smallest absolute Gasteiger partial charge is 0.0941 e. The molecule has 3 heterocycles. The zero-order chi connectivity index (χ0) is 37.1. The number of rotatable bonds is 6. The lowest BCUT2D eigenvalue weighted by atomic mass is 9.69. The Bertz CT molecular complexity index is 2280. The maximum absolute atomic E-state index is 6.04. The Hall–Kier alpha value is -6.00. The van der Waals surface area contributed by atoms with Crippen molar-refractivity contribution in [3.63, 3.8) is 0 Å². The largest absolute Gasteiger partial charge is 0.372 e. The van der Waals surface area contributed by atoms with Gasteiger partial charge in [0.05, 0.1) is 33.6 Å². The van der Waals surface area contributed by atoms with Crippen LogP contribution in [0.3, 0.4) is 0 Å². The lowest BCUT2D eigenvalue weighted by Crippen LogP contribution is -2.33. The van der Waals surface area contributed by atoms with E-state index < -0.39 is 10.8 Å². The van der Waals surface area contributed by atoms with Gasteiger partial charge in [0, 0.05) is 48.7 Å². The first-order valence-corrected chi connectivity index (χ1v) is 20.7. The Morgan fingerprint density at radius 1 is 0.357 bits per heavy atom. The molecule has 0 radical (unpaired) electrons. The minimum absolute atomic E-state index is 0.653. The summed E-state index contributed by atoms with van der Waals surface area (Å²) in [5.41, 5.74) is 15.0. The quantitative estimate of drug-likeness (QED) is 0.171. The number of aromatic nitrogens is 2. The van der Waals surface area contributed by atoms with Crippen molar-refractivity contribution in [2.45, 2.75) is 49.4 Å². The highest BCUT2D eigenvalue weighted by atomic mass is 15.1. The summed E-state index contributed by atoms with van der Waals surface area (Å²) < 4.78 is 0. The molecular weight excluding hydrogens is 681 g/mol. The van der Waals surface area contributed by atoms with E-state index in [2.05, 4.69) is 168 Å². The molecule has 0 saturated carbocycles. The third kappa shape index (κ3) is 4.84. The van der Waals surface area contributed by atoms with Crippen molar-refractivity contribution in [3.8, 4) is 22.5 Å². The molecule has 0 atom stereocenters. The van der Waals surface area contributed by atoms with E-state index in [0.29, 0.717) is 0 Å². The molecule has 2 aliphatic heterocycles. The zero-order valence-electron chi connectivity index (χ0n) is 31.9. The summed E-state index contributed by atoms with van der Waals surface area (Å²) in [4.78, 5) is 17.2. The van der Waals surface area contributed by atoms with Crippen LogP contribution in [-0.2, 0) is 10.8 Å². The van der Waals surface area contributed by atoms with Crippen molar-refractivity contribution in [3.05, 3.63) is 202 Å². The summed E-state index contributed by atoms with van der Waals surface area (Å²) >= 11 is 0. The fourth-order valence-corrected chi connectivity index (χ4v) is 10.6. The maximum atomic E-state index is 6.04. The van der Waals surface area contributed by atoms with E-state index in [1.807, 2.05) is 0 Å². The van der Waals surface area contributed by atoms with E-state index in [1.165, 1.54) is 94.4 Å². The van der Waals surface area contributed by atoms with E-state index in [-0.39, 0.29) is 0 Å². The molecule has 11 rings (SSSR count). The predicted octanol–water partition coefficient (Wildman–Crippen LogP) is 11.2. The van der Waals surface area contributed by atoms with Crippen molar-refractivity contribution < 1.29 is 0 Å². The van der Waals surface area contributed by atoms with E-state index in [0.717, 1.165) is 49.0 Å². The van der Waals surface area contributed by atoms with Gasteiger partial charge in [0.1, 0.15) is 0 Å². The standard InChI is InChI=1S/C52H46N4/c1-7-19-37(20-8-1)51(38-21-9-2-10-22-38)45-35-41(55-31-15-5-16-32-55)27-29-43(45)47-49(51)53-48-44-30-28-42(56-33-17-6-18-34-56)36-46(44)52(50(48)54-47,39-23-11-3-12-24-39)40-25-13-4-14-26-40/h1-4,7-14,19-30,35-36H,5-6,15-18,31-34H2. The van der Waals surface area contributed by atoms with Crippen LogP contribution in [0.2, 0.25) is 0 Å². The van der Waals surface area contributed by atoms with Crippen molar-refractivity contribution >= 4 is 11.4 Å². The highest BCUT2D eigenvalue weighted by Gasteiger charge is 2.54. The van der Waals surface area contributed by atoms with Gasteiger partial charge in [0.25, 0.3) is 0 Å². The third-order valence-electron chi connectivity index (χ3n) is 13.2. The molecule has 4 heteroatoms. The van der Waals surface area contributed by atoms with Crippen LogP contribution in [0, 0.1) is 0 Å². The van der Waals surface area contributed by atoms with Crippen LogP contribution in [0.4, 0.5) is 11.4 Å². The zero-order valence-corrected chi connectivity index (χ0v) is 31.9. The summed E-state index contributed by atoms with van der Waals surface area (Å²) in [6, 6.07) is 58.7. The molecular formula is C52H46N4. The average molecular weight is 727 g/mol. The lowest BCUT2D eigenvalue weighted by molar-refractivity contribution is 0.577. The molecule has 2 fully saturated rings. The Labute approximate surface area is 330 Å². The second kappa shape index (κ2) is 13.3. The number of piperidine rings is 2. The molecule has 2 saturated heterocycles. The minimum Gasteiger partial charge on any atom is -0.372 e. The van der Waals surface area contributed by atoms with Crippen LogP contribution in [-0.4, -0.2) is 36.1 Å². The normalized spacial score (nSPS) is 17.5. The van der Waals surface area contributed by atoms with Crippen LogP contribution >= 0.6 is 0 Å². The maximum Gasteiger partial charge on any atom is 0.0941 e. The molecule has 1 aromatic heterocycles. The first-order chi connectivity index (χ1) is 27.8. The Morgan fingerprint density at radius 3 is 1.00 bits per heavy atom. The van der Waals surface area contributed by atoms with Crippen LogP contribution in [0.5, 0.6) is 0 Å². The topological polar surface area (TPSA) is 32.3 Å². The van der Waals surface area contributed by atoms with Gasteiger partial charge in [-0.1, -0.05) is 133 Å². The number of fused-ring (bicyclic) bond motifs is 6. The van der Waals surface area contributed by atoms with Crippen LogP contribution in [0.15, 0.2) is 158 Å². The Kier molecular flexibility index (Phi) is 7.94. The first-order valence-electron chi connectivity index (χ1n) is 20.7. The lowest BCUT2D eigenvalue weighted by Gasteiger charge is -2.35. The first kappa shape index (κ1) is 33.3. The molecule has 0 spiro atoms. The van der Waals surface area contributed by atoms with E-state index in [1.54, 1.807) is 0 Å². The molecule has 0 amide bonds. The predicted molar refractivity (Wildman–Crippen MR) is 229 cm³/mol. The molecule has 2 aliphatic carbocycles. The Balaban J connectivity index is 1.25. The summed E-state index contributed by atoms with van der Waals surface area (Å²) in [6.45, 7) is 4.36. The van der Waals surface area contributed by atoms with Gasteiger partial charge >= 0.3 is 0 Å². The number of hydrogen-bond acceptors (Lipinski definition) is 4. The monoisotopic (exact) mass is 726 g/mol. The van der Waals surface area contributed by atoms with Crippen LogP contribution < -0.4 is 9.80 Å². The van der Waals surface area contributed by atoms with Gasteiger partial charge in [-0.2, -0.15) is 0 Å². The highest BCUT2D eigenvalue weighted by Crippen LogP contribution is 2.60. The molecule has 6 aromatic carbocycles. The summed E-state index contributed by atoms with van der Waals surface area (Å²) in [6.07, 6.45) is 7.53. The third-order valence-corrected chi connectivity index (χ3v) is 13.2. The van der Waals surface area contributed by atoms with Crippen molar-refractivity contribution in [2.75, 3.05) is 36.0 Å². The summed E-state index contributed by atoms with van der Waals surface area (Å²) in [7, 11) is 0. The minimum atomic E-state index is -0.653. The molecule has 0 bridgehead atoms. The number of benzene rings is 6. The number of anilines is 2. The van der Waals surface area contributed by atoms with E-state index in [4.69, 9.17) is 9.97 Å². The van der Waals surface area contributed by atoms with Gasteiger partial charge in [-0.15, -0.1) is 0 Å². The molecule has 0 unspecified atom stereocenters. The van der Waals surface area contributed by atoms with Gasteiger partial charge in [0.15, 0.2) is 0 Å². The summed E-state index contributed by atoms with van der Waals surface area (Å²) in [5, 5.41) is 0. The molecule has 7 aromatic rings. The van der Waals surface area contributed by atoms with Crippen molar-refractivity contribution in [2.24, 2.45) is 0 Å². The van der Waals surface area contributed by atoms with Crippen molar-refractivity contribution in [1.82, 2.24) is 9.97 Å². The van der Waals surface area contributed by atoms with Gasteiger partial charge in [-0.3, -0.25) is 0 Å². The van der Waals surface area contributed by atoms with E-state index in [9.17, 15) is 0 Å². The second-order valence-electron chi connectivity index (χ2n) is 16.1. The van der Waals surface area contributed by atoms with Gasteiger partial charge in [-0.25, -0.2) is 9.97 Å². The summed E-state index contributed by atoms with van der Waals surface area (Å²) in [5.74, 6) is 0. The number of hydrogen-bond donors (Lipinski definition) is 0. The van der Waals surface area contributed by atoms with Gasteiger partial charge in [-0.05, 0) is 96.2 Å². The molecule has 0 N–H and O–H groups in total. The average Bonchev–Trinajstić information content (AvgIpc) is 3.74. The Morgan fingerprint density at radius 2 is 0.679 bits per heavy atom.